The number of nitrogens with zero attached hydrogens (tertiary/aromatic N) is 5. The highest BCUT2D eigenvalue weighted by Gasteiger charge is 2.34. The van der Waals surface area contributed by atoms with Crippen LogP contribution in [0.4, 0.5) is 16.2 Å². The van der Waals surface area contributed by atoms with Gasteiger partial charge in [-0.1, -0.05) is 80.2 Å². The van der Waals surface area contributed by atoms with Gasteiger partial charge < -0.3 is 24.8 Å². The SMILES string of the molecule is C.CB(O)N1CCCC(CNc2ccccc2)C1.CC(C)(C)OC(=O)N1CCCC(CN(c2ccccc2)S(=O)(=O)c2cccc3cccnc23)C1.O=S(=O)(Cl)c1cccc2cccnc12. The second kappa shape index (κ2) is 23.5. The molecule has 2 unspecified atom stereocenters. The maximum absolute atomic E-state index is 14.0. The van der Waals surface area contributed by atoms with Crippen LogP contribution in [0, 0.1) is 11.8 Å². The van der Waals surface area contributed by atoms with Crippen molar-refractivity contribution in [3.8, 4) is 0 Å². The minimum absolute atomic E-state index is 0. The third kappa shape index (κ3) is 14.4. The Bertz CT molecular complexity index is 2700. The number of carbonyl (C=O) groups is 1. The number of para-hydroxylation sites is 4. The van der Waals surface area contributed by atoms with Gasteiger partial charge in [-0.2, -0.15) is 0 Å². The quantitative estimate of drug-likeness (QED) is 0.0993. The van der Waals surface area contributed by atoms with Crippen LogP contribution in [0.5, 0.6) is 0 Å². The van der Waals surface area contributed by atoms with Crippen LogP contribution < -0.4 is 9.62 Å². The predicted molar refractivity (Wildman–Crippen MR) is 268 cm³/mol. The van der Waals surface area contributed by atoms with Crippen molar-refractivity contribution in [3.05, 3.63) is 134 Å². The Labute approximate surface area is 395 Å². The molecule has 2 aliphatic heterocycles. The molecule has 0 saturated carbocycles. The molecule has 2 N–H and O–H groups in total. The number of fused-ring (bicyclic) bond motifs is 2. The molecule has 0 radical (unpaired) electrons. The zero-order chi connectivity index (χ0) is 46.6. The second-order valence-corrected chi connectivity index (χ2v) is 21.7. The third-order valence-corrected chi connectivity index (χ3v) is 14.3. The molecule has 0 aliphatic carbocycles. The van der Waals surface area contributed by atoms with E-state index in [-0.39, 0.29) is 42.8 Å². The summed E-state index contributed by atoms with van der Waals surface area (Å²) in [6, 6.07) is 36.7. The van der Waals surface area contributed by atoms with Crippen molar-refractivity contribution in [1.82, 2.24) is 19.7 Å². The van der Waals surface area contributed by atoms with Crippen LogP contribution in [0.25, 0.3) is 21.8 Å². The van der Waals surface area contributed by atoms with E-state index >= 15 is 0 Å². The molecule has 352 valence electrons. The highest BCUT2D eigenvalue weighted by molar-refractivity contribution is 8.14. The lowest BCUT2D eigenvalue weighted by molar-refractivity contribution is 0.0171. The fraction of sp³-hybridized carbons (Fsp3) is 0.367. The Hall–Kier alpha value is -5.26. The van der Waals surface area contributed by atoms with Crippen molar-refractivity contribution in [2.75, 3.05) is 48.9 Å². The first-order valence-corrected chi connectivity index (χ1v) is 25.6. The van der Waals surface area contributed by atoms with E-state index in [1.54, 1.807) is 65.7 Å². The molecule has 2 fully saturated rings. The Balaban J connectivity index is 0.000000211. The van der Waals surface area contributed by atoms with Crippen LogP contribution in [0.3, 0.4) is 0 Å². The lowest BCUT2D eigenvalue weighted by Gasteiger charge is -2.36. The number of likely N-dealkylation sites (tertiary alicyclic amines) is 1. The number of amides is 1. The Morgan fingerprint density at radius 3 is 1.91 bits per heavy atom. The fourth-order valence-electron chi connectivity index (χ4n) is 7.97. The summed E-state index contributed by atoms with van der Waals surface area (Å²) in [6.45, 7) is 11.7. The average Bonchev–Trinajstić information content (AvgIpc) is 3.30. The first kappa shape index (κ1) is 51.7. The molecule has 0 spiro atoms. The van der Waals surface area contributed by atoms with Crippen LogP contribution in [-0.2, 0) is 23.8 Å². The Morgan fingerprint density at radius 1 is 0.773 bits per heavy atom. The summed E-state index contributed by atoms with van der Waals surface area (Å²) in [6.07, 6.45) is 6.84. The third-order valence-electron chi connectivity index (χ3n) is 11.1. The highest BCUT2D eigenvalue weighted by Crippen LogP contribution is 2.31. The molecule has 2 aliphatic rings. The monoisotopic (exact) mass is 956 g/mol. The standard InChI is InChI=1S/C26H31N3O4S.C13H21BN2O.C9H6ClNO2S.CH4/c1-26(2,3)33-25(30)28-17-9-10-20(18-28)19-29(22-13-5-4-6-14-22)34(31,32)23-15-7-11-21-12-8-16-27-24(21)23;1-14(17)16-9-5-6-12(11-16)10-15-13-7-3-2-4-8-13;10-14(12,13)8-5-1-3-7-4-2-6-11-9(7)8;/h4-8,11-16,20H,9-10,17-19H2,1-3H3;2-4,7-8,12,15,17H,5-6,9-11H2,1H3;1-6H;1H4. The molecule has 6 aromatic rings. The van der Waals surface area contributed by atoms with Crippen LogP contribution in [0.15, 0.2) is 144 Å². The zero-order valence-electron chi connectivity index (χ0n) is 37.3. The molecule has 2 saturated heterocycles. The second-order valence-electron chi connectivity index (χ2n) is 17.3. The highest BCUT2D eigenvalue weighted by atomic mass is 35.7. The zero-order valence-corrected chi connectivity index (χ0v) is 39.7. The lowest BCUT2D eigenvalue weighted by atomic mass is 9.80. The number of sulfonamides is 1. The molecule has 2 atom stereocenters. The smallest absolute Gasteiger partial charge is 0.410 e. The van der Waals surface area contributed by atoms with Gasteiger partial charge >= 0.3 is 13.1 Å². The number of benzene rings is 4. The van der Waals surface area contributed by atoms with E-state index < -0.39 is 24.7 Å². The van der Waals surface area contributed by atoms with E-state index in [1.807, 2.05) is 76.1 Å². The van der Waals surface area contributed by atoms with Gasteiger partial charge in [-0.25, -0.2) is 21.6 Å². The first-order chi connectivity index (χ1) is 31.0. The normalized spacial score (nSPS) is 16.7. The van der Waals surface area contributed by atoms with Gasteiger partial charge in [0.15, 0.2) is 0 Å². The van der Waals surface area contributed by atoms with E-state index in [2.05, 4.69) is 32.2 Å². The summed E-state index contributed by atoms with van der Waals surface area (Å²) in [7, 11) is -2.67. The molecule has 8 rings (SSSR count). The molecule has 17 heteroatoms. The number of rotatable bonds is 10. The van der Waals surface area contributed by atoms with E-state index in [1.165, 1.54) is 35.1 Å². The predicted octanol–water partition coefficient (Wildman–Crippen LogP) is 9.80. The van der Waals surface area contributed by atoms with Crippen molar-refractivity contribution >= 4 is 76.1 Å². The van der Waals surface area contributed by atoms with Crippen molar-refractivity contribution in [2.45, 2.75) is 76.1 Å². The number of aromatic nitrogens is 2. The minimum atomic E-state index is -3.91. The molecule has 4 heterocycles. The molecule has 66 heavy (non-hydrogen) atoms. The Morgan fingerprint density at radius 2 is 1.32 bits per heavy atom. The van der Waals surface area contributed by atoms with Gasteiger partial charge in [0.25, 0.3) is 19.1 Å². The number of hydrogen-bond donors (Lipinski definition) is 2. The molecule has 1 amide bonds. The van der Waals surface area contributed by atoms with Crippen LogP contribution in [-0.4, -0.2) is 99.6 Å². The molecular formula is C49H62BClN6O7S2. The van der Waals surface area contributed by atoms with Crippen LogP contribution in [0.2, 0.25) is 6.82 Å². The van der Waals surface area contributed by atoms with Crippen LogP contribution in [0.1, 0.15) is 53.9 Å². The number of nitrogens with one attached hydrogen (secondary N) is 1. The van der Waals surface area contributed by atoms with E-state index in [4.69, 9.17) is 15.4 Å². The maximum Gasteiger partial charge on any atom is 0.410 e. The number of carbonyl (C=O) groups excluding carboxylic acids is 1. The van der Waals surface area contributed by atoms with Gasteiger partial charge in [-0.05, 0) is 127 Å². The number of hydrogen-bond acceptors (Lipinski definition) is 11. The van der Waals surface area contributed by atoms with Crippen molar-refractivity contribution in [2.24, 2.45) is 11.8 Å². The first-order valence-electron chi connectivity index (χ1n) is 21.9. The summed E-state index contributed by atoms with van der Waals surface area (Å²) in [5.41, 5.74) is 2.05. The summed E-state index contributed by atoms with van der Waals surface area (Å²) in [5, 5.41) is 14.6. The molecular weight excluding hydrogens is 895 g/mol. The fourth-order valence-corrected chi connectivity index (χ4v) is 10.7. The number of piperidine rings is 2. The van der Waals surface area contributed by atoms with Gasteiger partial charge in [0.05, 0.1) is 16.7 Å². The van der Waals surface area contributed by atoms with Gasteiger partial charge in [-0.3, -0.25) is 14.3 Å². The van der Waals surface area contributed by atoms with Gasteiger partial charge in [-0.15, -0.1) is 0 Å². The van der Waals surface area contributed by atoms with Crippen molar-refractivity contribution in [1.29, 1.82) is 0 Å². The van der Waals surface area contributed by atoms with Gasteiger partial charge in [0.1, 0.15) is 15.4 Å². The summed E-state index contributed by atoms with van der Waals surface area (Å²) in [5.74, 6) is 0.609. The van der Waals surface area contributed by atoms with Crippen LogP contribution >= 0.6 is 10.7 Å². The largest absolute Gasteiger partial charge is 0.444 e. The Kier molecular flexibility index (Phi) is 18.4. The maximum atomic E-state index is 14.0. The molecule has 2 aromatic heterocycles. The van der Waals surface area contributed by atoms with Gasteiger partial charge in [0.2, 0.25) is 0 Å². The molecule has 13 nitrogen and oxygen atoms in total. The minimum Gasteiger partial charge on any atom is -0.444 e. The number of pyridine rings is 2. The summed E-state index contributed by atoms with van der Waals surface area (Å²) in [4.78, 5) is 25.1. The lowest BCUT2D eigenvalue weighted by Crippen LogP contribution is -2.46. The average molecular weight is 957 g/mol. The topological polar surface area (TPSA) is 162 Å². The molecule has 4 aromatic carbocycles. The summed E-state index contributed by atoms with van der Waals surface area (Å²) >= 11 is 0. The van der Waals surface area contributed by atoms with E-state index in [0.717, 1.165) is 43.2 Å². The molecule has 0 bridgehead atoms. The van der Waals surface area contributed by atoms with Crippen molar-refractivity contribution < 1.29 is 31.4 Å². The summed E-state index contributed by atoms with van der Waals surface area (Å²) < 4.78 is 57.4. The number of anilines is 2. The number of ether oxygens (including phenoxy) is 1. The van der Waals surface area contributed by atoms with E-state index in [0.29, 0.717) is 35.7 Å². The number of halogens is 1. The van der Waals surface area contributed by atoms with Gasteiger partial charge in [0, 0.05) is 65.7 Å². The van der Waals surface area contributed by atoms with E-state index in [9.17, 15) is 26.7 Å². The van der Waals surface area contributed by atoms with Crippen molar-refractivity contribution in [3.63, 3.8) is 0 Å².